The van der Waals surface area contributed by atoms with Gasteiger partial charge in [0.15, 0.2) is 0 Å². The summed E-state index contributed by atoms with van der Waals surface area (Å²) in [5.74, 6) is 0. The zero-order valence-electron chi connectivity index (χ0n) is 11.1. The van der Waals surface area contributed by atoms with E-state index >= 15 is 0 Å². The molecule has 5 heteroatoms. The zero-order valence-corrected chi connectivity index (χ0v) is 11.1. The van der Waals surface area contributed by atoms with E-state index in [0.29, 0.717) is 6.17 Å². The number of carbonyl (C=O) groups is 1. The lowest BCUT2D eigenvalue weighted by molar-refractivity contribution is 0.193. The molecule has 0 radical (unpaired) electrons. The SMILES string of the molecule is CCCNC(=O)NCCCN1C=CN(C)C1C. The third-order valence-electron chi connectivity index (χ3n) is 2.98. The van der Waals surface area contributed by atoms with Gasteiger partial charge in [-0.25, -0.2) is 4.79 Å². The summed E-state index contributed by atoms with van der Waals surface area (Å²) in [6, 6.07) is -0.0611. The lowest BCUT2D eigenvalue weighted by atomic mass is 10.3. The van der Waals surface area contributed by atoms with E-state index in [1.165, 1.54) is 0 Å². The molecule has 0 fully saturated rings. The Labute approximate surface area is 104 Å². The van der Waals surface area contributed by atoms with E-state index in [9.17, 15) is 4.79 Å². The van der Waals surface area contributed by atoms with Crippen LogP contribution in [0.15, 0.2) is 12.4 Å². The summed E-state index contributed by atoms with van der Waals surface area (Å²) in [6.45, 7) is 6.63. The molecule has 1 rings (SSSR count). The van der Waals surface area contributed by atoms with Crippen LogP contribution in [0.1, 0.15) is 26.7 Å². The molecule has 5 nitrogen and oxygen atoms in total. The summed E-state index contributed by atoms with van der Waals surface area (Å²) < 4.78 is 0. The van der Waals surface area contributed by atoms with Crippen molar-refractivity contribution < 1.29 is 4.79 Å². The highest BCUT2D eigenvalue weighted by Crippen LogP contribution is 2.12. The van der Waals surface area contributed by atoms with E-state index in [0.717, 1.165) is 32.5 Å². The monoisotopic (exact) mass is 240 g/mol. The minimum Gasteiger partial charge on any atom is -0.359 e. The molecule has 0 aromatic rings. The molecule has 0 aliphatic carbocycles. The summed E-state index contributed by atoms with van der Waals surface area (Å²) in [4.78, 5) is 15.7. The van der Waals surface area contributed by atoms with Crippen molar-refractivity contribution in [2.75, 3.05) is 26.7 Å². The quantitative estimate of drug-likeness (QED) is 0.685. The predicted molar refractivity (Wildman–Crippen MR) is 69.4 cm³/mol. The number of carbonyl (C=O) groups excluding carboxylic acids is 1. The van der Waals surface area contributed by atoms with Gasteiger partial charge in [0, 0.05) is 39.1 Å². The maximum absolute atomic E-state index is 11.3. The predicted octanol–water partition coefficient (Wildman–Crippen LogP) is 1.15. The first-order chi connectivity index (χ1) is 8.15. The van der Waals surface area contributed by atoms with Gasteiger partial charge in [-0.05, 0) is 19.8 Å². The van der Waals surface area contributed by atoms with Crippen LogP contribution in [0.2, 0.25) is 0 Å². The molecule has 98 valence electrons. The Morgan fingerprint density at radius 2 is 2.00 bits per heavy atom. The first-order valence-corrected chi connectivity index (χ1v) is 6.33. The van der Waals surface area contributed by atoms with Gasteiger partial charge in [-0.3, -0.25) is 0 Å². The second-order valence-electron chi connectivity index (χ2n) is 4.37. The van der Waals surface area contributed by atoms with Crippen molar-refractivity contribution in [1.29, 1.82) is 0 Å². The van der Waals surface area contributed by atoms with Crippen molar-refractivity contribution in [3.63, 3.8) is 0 Å². The normalized spacial score (nSPS) is 18.6. The highest BCUT2D eigenvalue weighted by Gasteiger charge is 2.17. The maximum atomic E-state index is 11.3. The molecule has 0 aromatic heterocycles. The van der Waals surface area contributed by atoms with Crippen LogP contribution in [-0.4, -0.2) is 48.7 Å². The number of amides is 2. The standard InChI is InChI=1S/C12H24N4O/c1-4-6-13-12(17)14-7-5-8-16-10-9-15(3)11(16)2/h9-11H,4-8H2,1-3H3,(H2,13,14,17). The molecule has 0 spiro atoms. The van der Waals surface area contributed by atoms with Crippen LogP contribution in [0.4, 0.5) is 4.79 Å². The van der Waals surface area contributed by atoms with Crippen LogP contribution >= 0.6 is 0 Å². The Hall–Kier alpha value is -1.39. The van der Waals surface area contributed by atoms with E-state index in [2.05, 4.69) is 46.8 Å². The zero-order chi connectivity index (χ0) is 12.7. The van der Waals surface area contributed by atoms with E-state index in [1.807, 2.05) is 6.92 Å². The second kappa shape index (κ2) is 7.04. The summed E-state index contributed by atoms with van der Waals surface area (Å²) in [6.07, 6.45) is 6.52. The Morgan fingerprint density at radius 3 is 2.59 bits per heavy atom. The Kier molecular flexibility index (Phi) is 5.66. The molecule has 17 heavy (non-hydrogen) atoms. The van der Waals surface area contributed by atoms with Gasteiger partial charge in [-0.1, -0.05) is 6.92 Å². The van der Waals surface area contributed by atoms with E-state index in [1.54, 1.807) is 0 Å². The van der Waals surface area contributed by atoms with Gasteiger partial charge in [-0.2, -0.15) is 0 Å². The van der Waals surface area contributed by atoms with Gasteiger partial charge >= 0.3 is 6.03 Å². The van der Waals surface area contributed by atoms with Crippen molar-refractivity contribution in [2.45, 2.75) is 32.9 Å². The van der Waals surface area contributed by atoms with Crippen molar-refractivity contribution in [3.05, 3.63) is 12.4 Å². The molecular formula is C12H24N4O. The summed E-state index contributed by atoms with van der Waals surface area (Å²) in [7, 11) is 2.07. The lowest BCUT2D eigenvalue weighted by Gasteiger charge is -2.26. The van der Waals surface area contributed by atoms with Gasteiger partial charge in [0.1, 0.15) is 0 Å². The van der Waals surface area contributed by atoms with Crippen molar-refractivity contribution in [2.24, 2.45) is 0 Å². The second-order valence-corrected chi connectivity index (χ2v) is 4.37. The largest absolute Gasteiger partial charge is 0.359 e. The molecule has 1 heterocycles. The number of hydrogen-bond acceptors (Lipinski definition) is 3. The average Bonchev–Trinajstić information content (AvgIpc) is 2.63. The molecule has 0 saturated heterocycles. The molecule has 0 saturated carbocycles. The van der Waals surface area contributed by atoms with Gasteiger partial charge < -0.3 is 20.4 Å². The number of nitrogens with one attached hydrogen (secondary N) is 2. The summed E-state index contributed by atoms with van der Waals surface area (Å²) >= 11 is 0. The fourth-order valence-electron chi connectivity index (χ4n) is 1.70. The summed E-state index contributed by atoms with van der Waals surface area (Å²) in [5.41, 5.74) is 0. The van der Waals surface area contributed by atoms with Crippen LogP contribution in [0.5, 0.6) is 0 Å². The molecule has 1 unspecified atom stereocenters. The van der Waals surface area contributed by atoms with Gasteiger partial charge in [0.25, 0.3) is 0 Å². The first kappa shape index (κ1) is 13.7. The topological polar surface area (TPSA) is 47.6 Å². The Balaban J connectivity index is 2.05. The van der Waals surface area contributed by atoms with Crippen LogP contribution in [0.3, 0.4) is 0 Å². The van der Waals surface area contributed by atoms with Crippen molar-refractivity contribution in [1.82, 2.24) is 20.4 Å². The van der Waals surface area contributed by atoms with Gasteiger partial charge in [0.05, 0.1) is 6.17 Å². The average molecular weight is 240 g/mol. The molecule has 2 N–H and O–H groups in total. The number of rotatable bonds is 6. The number of nitrogens with zero attached hydrogens (tertiary/aromatic N) is 2. The van der Waals surface area contributed by atoms with E-state index < -0.39 is 0 Å². The Bertz CT molecular complexity index is 267. The van der Waals surface area contributed by atoms with Gasteiger partial charge in [-0.15, -0.1) is 0 Å². The third kappa shape index (κ3) is 4.54. The number of hydrogen-bond donors (Lipinski definition) is 2. The van der Waals surface area contributed by atoms with E-state index in [4.69, 9.17) is 0 Å². The highest BCUT2D eigenvalue weighted by molar-refractivity contribution is 5.73. The molecule has 1 atom stereocenters. The lowest BCUT2D eigenvalue weighted by Crippen LogP contribution is -2.38. The van der Waals surface area contributed by atoms with Crippen LogP contribution in [0, 0.1) is 0 Å². The maximum Gasteiger partial charge on any atom is 0.314 e. The molecule has 1 aliphatic heterocycles. The fraction of sp³-hybridized carbons (Fsp3) is 0.750. The smallest absolute Gasteiger partial charge is 0.314 e. The van der Waals surface area contributed by atoms with Gasteiger partial charge in [0.2, 0.25) is 0 Å². The molecule has 2 amide bonds. The molecule has 0 bridgehead atoms. The first-order valence-electron chi connectivity index (χ1n) is 6.33. The number of urea groups is 1. The van der Waals surface area contributed by atoms with Crippen molar-refractivity contribution >= 4 is 6.03 Å². The highest BCUT2D eigenvalue weighted by atomic mass is 16.2. The third-order valence-corrected chi connectivity index (χ3v) is 2.98. The van der Waals surface area contributed by atoms with Crippen LogP contribution in [-0.2, 0) is 0 Å². The minimum atomic E-state index is -0.0611. The fourth-order valence-corrected chi connectivity index (χ4v) is 1.70. The molecule has 1 aliphatic rings. The van der Waals surface area contributed by atoms with Crippen molar-refractivity contribution in [3.8, 4) is 0 Å². The Morgan fingerprint density at radius 1 is 1.29 bits per heavy atom. The van der Waals surface area contributed by atoms with E-state index in [-0.39, 0.29) is 6.03 Å². The minimum absolute atomic E-state index is 0.0611. The summed E-state index contributed by atoms with van der Waals surface area (Å²) in [5, 5.41) is 5.64. The molecule has 0 aromatic carbocycles. The van der Waals surface area contributed by atoms with Crippen LogP contribution < -0.4 is 10.6 Å². The van der Waals surface area contributed by atoms with Crippen LogP contribution in [0.25, 0.3) is 0 Å². The molecular weight excluding hydrogens is 216 g/mol.